The summed E-state index contributed by atoms with van der Waals surface area (Å²) in [5, 5.41) is 0.816. The second kappa shape index (κ2) is 9.92. The van der Waals surface area contributed by atoms with Crippen molar-refractivity contribution in [3.63, 3.8) is 0 Å². The van der Waals surface area contributed by atoms with Crippen molar-refractivity contribution >= 4 is 40.9 Å². The molecule has 3 aromatic carbocycles. The number of rotatable bonds is 6. The normalized spacial score (nSPS) is 11.4. The first kappa shape index (κ1) is 22.1. The highest BCUT2D eigenvalue weighted by atomic mass is 35.5. The molecule has 0 aliphatic carbocycles. The third-order valence-electron chi connectivity index (χ3n) is 4.81. The van der Waals surface area contributed by atoms with Crippen LogP contribution in [-0.4, -0.2) is 12.5 Å². The molecule has 0 heterocycles. The van der Waals surface area contributed by atoms with E-state index in [1.54, 1.807) is 47.4 Å². The van der Waals surface area contributed by atoms with Crippen molar-refractivity contribution in [2.75, 3.05) is 11.4 Å². The van der Waals surface area contributed by atoms with Gasteiger partial charge in [-0.05, 0) is 66.9 Å². The Labute approximate surface area is 186 Å². The Balaban J connectivity index is 1.73. The largest absolute Gasteiger partial charge is 0.308 e. The number of allylic oxidation sites excluding steroid dienone is 1. The van der Waals surface area contributed by atoms with Crippen LogP contribution in [0.25, 0.3) is 6.08 Å². The van der Waals surface area contributed by atoms with E-state index in [-0.39, 0.29) is 18.2 Å². The van der Waals surface area contributed by atoms with Crippen LogP contribution in [0.3, 0.4) is 0 Å². The number of aryl methyl sites for hydroxylation is 1. The summed E-state index contributed by atoms with van der Waals surface area (Å²) >= 11 is 11.9. The molecule has 0 radical (unpaired) electrons. The lowest BCUT2D eigenvalue weighted by molar-refractivity contribution is 0.0988. The lowest BCUT2D eigenvalue weighted by Crippen LogP contribution is -2.31. The fourth-order valence-electron chi connectivity index (χ4n) is 3.24. The zero-order valence-electron chi connectivity index (χ0n) is 16.8. The first-order chi connectivity index (χ1) is 14.4. The molecule has 154 valence electrons. The second-order valence-corrected chi connectivity index (χ2v) is 7.79. The van der Waals surface area contributed by atoms with Gasteiger partial charge in [-0.3, -0.25) is 4.79 Å². The number of para-hydroxylation sites is 1. The van der Waals surface area contributed by atoms with E-state index < -0.39 is 0 Å². The van der Waals surface area contributed by atoms with Crippen molar-refractivity contribution in [2.24, 2.45) is 0 Å². The molecule has 0 saturated carbocycles. The van der Waals surface area contributed by atoms with E-state index in [2.05, 4.69) is 0 Å². The number of nitrogens with zero attached hydrogens (tertiary/aromatic N) is 1. The van der Waals surface area contributed by atoms with Gasteiger partial charge in [-0.1, -0.05) is 59.6 Å². The van der Waals surface area contributed by atoms with Crippen molar-refractivity contribution in [1.29, 1.82) is 0 Å². The highest BCUT2D eigenvalue weighted by Crippen LogP contribution is 2.25. The van der Waals surface area contributed by atoms with Crippen LogP contribution in [0.4, 0.5) is 10.1 Å². The van der Waals surface area contributed by atoms with E-state index in [1.165, 1.54) is 6.08 Å². The Morgan fingerprint density at radius 1 is 1.00 bits per heavy atom. The molecule has 0 fully saturated rings. The van der Waals surface area contributed by atoms with Crippen molar-refractivity contribution in [2.45, 2.75) is 20.3 Å². The van der Waals surface area contributed by atoms with Gasteiger partial charge in [0.15, 0.2) is 0 Å². The maximum atomic E-state index is 14.4. The summed E-state index contributed by atoms with van der Waals surface area (Å²) in [6.07, 6.45) is 1.56. The number of carbonyl (C=O) groups is 1. The van der Waals surface area contributed by atoms with E-state index in [1.807, 2.05) is 38.1 Å². The lowest BCUT2D eigenvalue weighted by Gasteiger charge is -2.23. The second-order valence-electron chi connectivity index (χ2n) is 6.97. The zero-order valence-corrected chi connectivity index (χ0v) is 18.3. The van der Waals surface area contributed by atoms with E-state index in [0.29, 0.717) is 27.7 Å². The van der Waals surface area contributed by atoms with Gasteiger partial charge < -0.3 is 4.90 Å². The molecule has 0 spiro atoms. The van der Waals surface area contributed by atoms with E-state index in [0.717, 1.165) is 16.8 Å². The van der Waals surface area contributed by atoms with Gasteiger partial charge in [0.2, 0.25) is 0 Å². The number of hydrogen-bond donors (Lipinski definition) is 0. The van der Waals surface area contributed by atoms with Crippen LogP contribution < -0.4 is 4.90 Å². The molecule has 0 atom stereocenters. The molecule has 0 saturated heterocycles. The lowest BCUT2D eigenvalue weighted by atomic mass is 10.1. The quantitative estimate of drug-likeness (QED) is 0.387. The molecular formula is C25H22Cl2FNO. The van der Waals surface area contributed by atoms with Crippen molar-refractivity contribution < 1.29 is 9.18 Å². The zero-order chi connectivity index (χ0) is 21.7. The summed E-state index contributed by atoms with van der Waals surface area (Å²) in [5.74, 6) is -0.382. The summed E-state index contributed by atoms with van der Waals surface area (Å²) in [4.78, 5) is 14.7. The monoisotopic (exact) mass is 441 g/mol. The van der Waals surface area contributed by atoms with Gasteiger partial charge in [-0.25, -0.2) is 4.39 Å². The molecule has 0 aliphatic heterocycles. The molecule has 5 heteroatoms. The molecule has 3 aromatic rings. The summed E-state index contributed by atoms with van der Waals surface area (Å²) < 4.78 is 14.4. The Hall–Kier alpha value is -2.62. The van der Waals surface area contributed by atoms with Crippen molar-refractivity contribution in [3.8, 4) is 0 Å². The molecule has 0 bridgehead atoms. The number of carbonyl (C=O) groups excluding carboxylic acids is 1. The fraction of sp³-hybridized carbons (Fsp3) is 0.160. The maximum Gasteiger partial charge on any atom is 0.258 e. The van der Waals surface area contributed by atoms with Crippen LogP contribution >= 0.6 is 23.2 Å². The topological polar surface area (TPSA) is 20.3 Å². The average Bonchev–Trinajstić information content (AvgIpc) is 2.73. The number of anilines is 1. The SMILES string of the molecule is CCN(C(=O)c1ccc(CC(F)=Cc2ccc(Cl)c(Cl)c2)cc1)c1ccccc1C. The number of halogens is 3. The molecular weight excluding hydrogens is 420 g/mol. The first-order valence-corrected chi connectivity index (χ1v) is 10.4. The Bertz CT molecular complexity index is 1080. The number of amides is 1. The predicted molar refractivity (Wildman–Crippen MR) is 124 cm³/mol. The Kier molecular flexibility index (Phi) is 7.30. The molecule has 0 aliphatic rings. The predicted octanol–water partition coefficient (Wildman–Crippen LogP) is 7.52. The molecule has 30 heavy (non-hydrogen) atoms. The van der Waals surface area contributed by atoms with Gasteiger partial charge in [0.1, 0.15) is 5.83 Å². The fourth-order valence-corrected chi connectivity index (χ4v) is 3.55. The molecule has 0 unspecified atom stereocenters. The Morgan fingerprint density at radius 2 is 1.70 bits per heavy atom. The van der Waals surface area contributed by atoms with Gasteiger partial charge in [-0.15, -0.1) is 0 Å². The van der Waals surface area contributed by atoms with Gasteiger partial charge in [0.05, 0.1) is 10.0 Å². The standard InChI is InChI=1S/C25H22Cl2FNO/c1-3-29(24-7-5-4-6-17(24)2)25(30)20-11-8-18(9-12-20)14-21(28)15-19-10-13-22(26)23(27)16-19/h4-13,15-16H,3,14H2,1-2H3. The van der Waals surface area contributed by atoms with E-state index in [9.17, 15) is 9.18 Å². The van der Waals surface area contributed by atoms with Gasteiger partial charge in [0.25, 0.3) is 5.91 Å². The molecule has 3 rings (SSSR count). The maximum absolute atomic E-state index is 14.4. The van der Waals surface area contributed by atoms with Gasteiger partial charge >= 0.3 is 0 Å². The third kappa shape index (κ3) is 5.29. The molecule has 0 N–H and O–H groups in total. The van der Waals surface area contributed by atoms with Crippen LogP contribution in [0.2, 0.25) is 10.0 Å². The average molecular weight is 442 g/mol. The van der Waals surface area contributed by atoms with Gasteiger partial charge in [-0.2, -0.15) is 0 Å². The smallest absolute Gasteiger partial charge is 0.258 e. The van der Waals surface area contributed by atoms with Crippen LogP contribution in [-0.2, 0) is 6.42 Å². The van der Waals surface area contributed by atoms with Crippen LogP contribution in [0.1, 0.15) is 34.0 Å². The van der Waals surface area contributed by atoms with Gasteiger partial charge in [0, 0.05) is 24.2 Å². The summed E-state index contributed by atoms with van der Waals surface area (Å²) in [6, 6.07) is 19.8. The number of hydrogen-bond acceptors (Lipinski definition) is 1. The minimum absolute atomic E-state index is 0.0785. The highest BCUT2D eigenvalue weighted by molar-refractivity contribution is 6.42. The summed E-state index contributed by atoms with van der Waals surface area (Å²) in [6.45, 7) is 4.49. The highest BCUT2D eigenvalue weighted by Gasteiger charge is 2.17. The third-order valence-corrected chi connectivity index (χ3v) is 5.55. The van der Waals surface area contributed by atoms with Crippen LogP contribution in [0.15, 0.2) is 72.6 Å². The van der Waals surface area contributed by atoms with Crippen LogP contribution in [0.5, 0.6) is 0 Å². The van der Waals surface area contributed by atoms with E-state index >= 15 is 0 Å². The van der Waals surface area contributed by atoms with Crippen LogP contribution in [0, 0.1) is 6.92 Å². The van der Waals surface area contributed by atoms with Crippen molar-refractivity contribution in [3.05, 3.63) is 105 Å². The molecule has 1 amide bonds. The minimum Gasteiger partial charge on any atom is -0.308 e. The van der Waals surface area contributed by atoms with Crippen molar-refractivity contribution in [1.82, 2.24) is 0 Å². The first-order valence-electron chi connectivity index (χ1n) is 9.66. The van der Waals surface area contributed by atoms with E-state index in [4.69, 9.17) is 23.2 Å². The summed E-state index contributed by atoms with van der Waals surface area (Å²) in [7, 11) is 0. The number of benzene rings is 3. The molecule has 2 nitrogen and oxygen atoms in total. The Morgan fingerprint density at radius 3 is 2.33 bits per heavy atom. The summed E-state index contributed by atoms with van der Waals surface area (Å²) in [5.41, 5.74) is 3.92. The molecule has 0 aromatic heterocycles. The minimum atomic E-state index is -0.303.